The molecule has 1 rings (SSSR count). The molecule has 0 saturated carbocycles. The van der Waals surface area contributed by atoms with Crippen LogP contribution in [0.2, 0.25) is 0 Å². The summed E-state index contributed by atoms with van der Waals surface area (Å²) in [5, 5.41) is 9.11. The third-order valence-corrected chi connectivity index (χ3v) is 3.27. The molecule has 0 bridgehead atoms. The van der Waals surface area contributed by atoms with E-state index in [1.807, 2.05) is 25.2 Å². The Kier molecular flexibility index (Phi) is 5.34. The third-order valence-electron chi connectivity index (χ3n) is 2.61. The lowest BCUT2D eigenvalue weighted by atomic mass is 10.1. The molecule has 0 amide bonds. The topological polar surface area (TPSA) is 27.0 Å². The zero-order valence-electron chi connectivity index (χ0n) is 9.83. The molecule has 0 unspecified atom stereocenters. The molecule has 0 aliphatic carbocycles. The molecule has 0 aromatic heterocycles. The maximum absolute atomic E-state index is 9.11. The highest BCUT2D eigenvalue weighted by atomic mass is 79.9. The highest BCUT2D eigenvalue weighted by Gasteiger charge is 2.09. The summed E-state index contributed by atoms with van der Waals surface area (Å²) >= 11 is 3.41. The van der Waals surface area contributed by atoms with Crippen LogP contribution in [0.1, 0.15) is 31.7 Å². The molecule has 16 heavy (non-hydrogen) atoms. The second-order valence-corrected chi connectivity index (χ2v) is 4.73. The van der Waals surface area contributed by atoms with Crippen molar-refractivity contribution in [3.8, 4) is 6.07 Å². The average molecular weight is 281 g/mol. The van der Waals surface area contributed by atoms with Crippen LogP contribution in [0.4, 0.5) is 5.69 Å². The molecule has 1 aromatic rings. The molecular formula is C13H17BrN2. The maximum atomic E-state index is 9.11. The molecule has 0 heterocycles. The SMILES string of the molecule is CCCCCN(C)c1cccc(Br)c1C#N. The summed E-state index contributed by atoms with van der Waals surface area (Å²) in [5.74, 6) is 0. The van der Waals surface area contributed by atoms with E-state index in [1.165, 1.54) is 19.3 Å². The highest BCUT2D eigenvalue weighted by Crippen LogP contribution is 2.26. The molecular weight excluding hydrogens is 264 g/mol. The number of benzene rings is 1. The van der Waals surface area contributed by atoms with Gasteiger partial charge in [-0.15, -0.1) is 0 Å². The summed E-state index contributed by atoms with van der Waals surface area (Å²) in [6.45, 7) is 3.19. The van der Waals surface area contributed by atoms with Gasteiger partial charge in [-0.1, -0.05) is 25.8 Å². The van der Waals surface area contributed by atoms with Crippen molar-refractivity contribution < 1.29 is 0 Å². The number of nitriles is 1. The highest BCUT2D eigenvalue weighted by molar-refractivity contribution is 9.10. The van der Waals surface area contributed by atoms with Crippen molar-refractivity contribution in [2.24, 2.45) is 0 Å². The van der Waals surface area contributed by atoms with E-state index in [9.17, 15) is 0 Å². The van der Waals surface area contributed by atoms with Crippen molar-refractivity contribution >= 4 is 21.6 Å². The van der Waals surface area contributed by atoms with Crippen LogP contribution >= 0.6 is 15.9 Å². The third kappa shape index (κ3) is 3.24. The molecule has 0 radical (unpaired) electrons. The fraction of sp³-hybridized carbons (Fsp3) is 0.462. The van der Waals surface area contributed by atoms with Crippen LogP contribution in [-0.4, -0.2) is 13.6 Å². The first-order valence-electron chi connectivity index (χ1n) is 5.60. The molecule has 2 nitrogen and oxygen atoms in total. The van der Waals surface area contributed by atoms with Gasteiger partial charge in [-0.3, -0.25) is 0 Å². The standard InChI is InChI=1S/C13H17BrN2/c1-3-4-5-9-16(2)13-8-6-7-12(14)11(13)10-15/h6-8H,3-5,9H2,1-2H3. The molecule has 3 heteroatoms. The Morgan fingerprint density at radius 1 is 1.38 bits per heavy atom. The van der Waals surface area contributed by atoms with E-state index in [0.29, 0.717) is 0 Å². The van der Waals surface area contributed by atoms with Gasteiger partial charge >= 0.3 is 0 Å². The average Bonchev–Trinajstić information content (AvgIpc) is 2.29. The molecule has 0 spiro atoms. The minimum Gasteiger partial charge on any atom is -0.373 e. The van der Waals surface area contributed by atoms with E-state index in [1.54, 1.807) is 0 Å². The number of hydrogen-bond acceptors (Lipinski definition) is 2. The van der Waals surface area contributed by atoms with Crippen molar-refractivity contribution in [2.75, 3.05) is 18.5 Å². The quantitative estimate of drug-likeness (QED) is 0.764. The first kappa shape index (κ1) is 13.1. The van der Waals surface area contributed by atoms with Crippen LogP contribution in [0.25, 0.3) is 0 Å². The van der Waals surface area contributed by atoms with Crippen molar-refractivity contribution in [1.29, 1.82) is 5.26 Å². The Labute approximate surface area is 106 Å². The van der Waals surface area contributed by atoms with E-state index in [0.717, 1.165) is 22.3 Å². The predicted molar refractivity (Wildman–Crippen MR) is 71.7 cm³/mol. The van der Waals surface area contributed by atoms with E-state index < -0.39 is 0 Å². The van der Waals surface area contributed by atoms with Gasteiger partial charge < -0.3 is 4.90 Å². The van der Waals surface area contributed by atoms with Crippen LogP contribution in [0.5, 0.6) is 0 Å². The molecule has 0 saturated heterocycles. The summed E-state index contributed by atoms with van der Waals surface area (Å²) in [4.78, 5) is 2.15. The van der Waals surface area contributed by atoms with E-state index in [4.69, 9.17) is 5.26 Å². The van der Waals surface area contributed by atoms with Gasteiger partial charge in [0.05, 0.1) is 11.3 Å². The van der Waals surface area contributed by atoms with E-state index in [-0.39, 0.29) is 0 Å². The van der Waals surface area contributed by atoms with E-state index >= 15 is 0 Å². The van der Waals surface area contributed by atoms with Crippen LogP contribution < -0.4 is 4.90 Å². The van der Waals surface area contributed by atoms with Gasteiger partial charge in [0.15, 0.2) is 0 Å². The van der Waals surface area contributed by atoms with Gasteiger partial charge in [-0.2, -0.15) is 5.26 Å². The monoisotopic (exact) mass is 280 g/mol. The number of nitrogens with zero attached hydrogens (tertiary/aromatic N) is 2. The Balaban J connectivity index is 2.79. The fourth-order valence-electron chi connectivity index (χ4n) is 1.66. The summed E-state index contributed by atoms with van der Waals surface area (Å²) in [5.41, 5.74) is 1.73. The van der Waals surface area contributed by atoms with Crippen LogP contribution in [-0.2, 0) is 0 Å². The van der Waals surface area contributed by atoms with Crippen LogP contribution in [0.3, 0.4) is 0 Å². The summed E-state index contributed by atoms with van der Waals surface area (Å²) in [6.07, 6.45) is 3.63. The number of hydrogen-bond donors (Lipinski definition) is 0. The van der Waals surface area contributed by atoms with Gasteiger partial charge in [0, 0.05) is 18.1 Å². The van der Waals surface area contributed by atoms with Gasteiger partial charge in [0.25, 0.3) is 0 Å². The van der Waals surface area contributed by atoms with Crippen LogP contribution in [0.15, 0.2) is 22.7 Å². The summed E-state index contributed by atoms with van der Waals surface area (Å²) in [6, 6.07) is 8.12. The zero-order chi connectivity index (χ0) is 12.0. The number of anilines is 1. The first-order chi connectivity index (χ1) is 7.70. The Bertz CT molecular complexity index is 382. The molecule has 86 valence electrons. The zero-order valence-corrected chi connectivity index (χ0v) is 11.4. The van der Waals surface area contributed by atoms with Gasteiger partial charge in [-0.05, 0) is 34.5 Å². The smallest absolute Gasteiger partial charge is 0.103 e. The van der Waals surface area contributed by atoms with Crippen molar-refractivity contribution in [1.82, 2.24) is 0 Å². The first-order valence-corrected chi connectivity index (χ1v) is 6.39. The number of halogens is 1. The normalized spacial score (nSPS) is 9.88. The largest absolute Gasteiger partial charge is 0.373 e. The summed E-state index contributed by atoms with van der Waals surface area (Å²) < 4.78 is 0.870. The molecule has 0 aliphatic rings. The van der Waals surface area contributed by atoms with Gasteiger partial charge in [0.2, 0.25) is 0 Å². The molecule has 0 fully saturated rings. The second-order valence-electron chi connectivity index (χ2n) is 3.87. The van der Waals surface area contributed by atoms with Gasteiger partial charge in [0.1, 0.15) is 6.07 Å². The molecule has 0 atom stereocenters. The summed E-state index contributed by atoms with van der Waals surface area (Å²) in [7, 11) is 2.04. The minimum atomic E-state index is 0.724. The van der Waals surface area contributed by atoms with Gasteiger partial charge in [-0.25, -0.2) is 0 Å². The Morgan fingerprint density at radius 3 is 2.75 bits per heavy atom. The lowest BCUT2D eigenvalue weighted by Crippen LogP contribution is -2.19. The Hall–Kier alpha value is -1.01. The minimum absolute atomic E-state index is 0.724. The Morgan fingerprint density at radius 2 is 2.12 bits per heavy atom. The number of rotatable bonds is 5. The maximum Gasteiger partial charge on any atom is 0.103 e. The number of unbranched alkanes of at least 4 members (excludes halogenated alkanes) is 2. The predicted octanol–water partition coefficient (Wildman–Crippen LogP) is 3.95. The van der Waals surface area contributed by atoms with Crippen molar-refractivity contribution in [3.63, 3.8) is 0 Å². The molecule has 0 N–H and O–H groups in total. The molecule has 0 aliphatic heterocycles. The van der Waals surface area contributed by atoms with Crippen molar-refractivity contribution in [3.05, 3.63) is 28.2 Å². The molecule has 1 aromatic carbocycles. The lowest BCUT2D eigenvalue weighted by molar-refractivity contribution is 0.705. The van der Waals surface area contributed by atoms with E-state index in [2.05, 4.69) is 33.8 Å². The fourth-order valence-corrected chi connectivity index (χ4v) is 2.11. The lowest BCUT2D eigenvalue weighted by Gasteiger charge is -2.20. The van der Waals surface area contributed by atoms with Crippen molar-refractivity contribution in [2.45, 2.75) is 26.2 Å². The van der Waals surface area contributed by atoms with Crippen LogP contribution in [0, 0.1) is 11.3 Å². The second kappa shape index (κ2) is 6.55.